The average Bonchev–Trinajstić information content (AvgIpc) is 3.01. The average molecular weight is 441 g/mol. The molecule has 0 bridgehead atoms. The number of fused-ring (bicyclic) bond motifs is 5. The fourth-order valence-electron chi connectivity index (χ4n) is 7.10. The van der Waals surface area contributed by atoms with Crippen LogP contribution in [0.15, 0.2) is 35.5 Å². The first-order valence-electron chi connectivity index (χ1n) is 11.6. The van der Waals surface area contributed by atoms with Crippen molar-refractivity contribution >= 4 is 23.5 Å². The summed E-state index contributed by atoms with van der Waals surface area (Å²) in [7, 11) is 0. The summed E-state index contributed by atoms with van der Waals surface area (Å²) < 4.78 is 5.13. The van der Waals surface area contributed by atoms with Gasteiger partial charge in [-0.25, -0.2) is 0 Å². The third-order valence-electron chi connectivity index (χ3n) is 8.55. The fourth-order valence-corrected chi connectivity index (χ4v) is 7.10. The van der Waals surface area contributed by atoms with Crippen molar-refractivity contribution in [2.24, 2.45) is 34.5 Å². The van der Waals surface area contributed by atoms with Crippen molar-refractivity contribution < 1.29 is 29.0 Å². The van der Waals surface area contributed by atoms with Crippen LogP contribution in [-0.2, 0) is 23.9 Å². The van der Waals surface area contributed by atoms with Crippen molar-refractivity contribution in [3.05, 3.63) is 35.5 Å². The molecule has 0 aliphatic heterocycles. The molecule has 0 aromatic rings. The molecule has 4 aliphatic rings. The first-order chi connectivity index (χ1) is 15.1. The van der Waals surface area contributed by atoms with Crippen LogP contribution in [0.5, 0.6) is 0 Å². The van der Waals surface area contributed by atoms with E-state index in [9.17, 15) is 19.2 Å². The Labute approximate surface area is 188 Å². The monoisotopic (exact) mass is 440 g/mol. The summed E-state index contributed by atoms with van der Waals surface area (Å²) in [6.07, 6.45) is 11.0. The van der Waals surface area contributed by atoms with Crippen LogP contribution in [0.2, 0.25) is 0 Å². The molecule has 2 saturated carbocycles. The number of carbonyl (C=O) groups excluding carboxylic acids is 3. The van der Waals surface area contributed by atoms with Crippen molar-refractivity contribution in [2.45, 2.75) is 59.3 Å². The number of Topliss-reactive ketones (excluding diaryl/α,β-unsaturated/α-hetero) is 1. The maximum atomic E-state index is 13.2. The Hall–Kier alpha value is -2.50. The van der Waals surface area contributed by atoms with E-state index >= 15 is 0 Å². The smallest absolute Gasteiger partial charge is 0.306 e. The van der Waals surface area contributed by atoms with Gasteiger partial charge in [-0.2, -0.15) is 0 Å². The summed E-state index contributed by atoms with van der Waals surface area (Å²) in [5.41, 5.74) is 2.19. The van der Waals surface area contributed by atoms with Crippen LogP contribution in [0.3, 0.4) is 0 Å². The zero-order valence-corrected chi connectivity index (χ0v) is 19.1. The second-order valence-corrected chi connectivity index (χ2v) is 10.4. The highest BCUT2D eigenvalue weighted by molar-refractivity contribution is 6.01. The Morgan fingerprint density at radius 2 is 1.97 bits per heavy atom. The highest BCUT2D eigenvalue weighted by Crippen LogP contribution is 2.65. The summed E-state index contributed by atoms with van der Waals surface area (Å²) in [4.78, 5) is 47.5. The van der Waals surface area contributed by atoms with Crippen LogP contribution >= 0.6 is 0 Å². The lowest BCUT2D eigenvalue weighted by Gasteiger charge is -2.52. The topological polar surface area (TPSA) is 97.7 Å². The Morgan fingerprint density at radius 1 is 1.22 bits per heavy atom. The van der Waals surface area contributed by atoms with Crippen LogP contribution in [0.25, 0.3) is 0 Å². The molecule has 0 saturated heterocycles. The Balaban J connectivity index is 1.52. The fraction of sp³-hybridized carbons (Fsp3) is 0.615. The molecule has 2 fully saturated rings. The number of ketones is 2. The molecular formula is C26H32O6. The van der Waals surface area contributed by atoms with Gasteiger partial charge in [-0.05, 0) is 67.9 Å². The first-order valence-corrected chi connectivity index (χ1v) is 11.6. The van der Waals surface area contributed by atoms with E-state index < -0.39 is 11.9 Å². The Bertz CT molecular complexity index is 955. The molecule has 0 aromatic carbocycles. The van der Waals surface area contributed by atoms with E-state index in [1.165, 1.54) is 11.1 Å². The van der Waals surface area contributed by atoms with Crippen LogP contribution in [-0.4, -0.2) is 35.2 Å². The van der Waals surface area contributed by atoms with Gasteiger partial charge >= 0.3 is 11.9 Å². The molecule has 6 heteroatoms. The number of allylic oxidation sites excluding steroid dienone is 6. The Kier molecular flexibility index (Phi) is 5.76. The molecule has 2 unspecified atom stereocenters. The third-order valence-corrected chi connectivity index (χ3v) is 8.55. The molecule has 4 aliphatic carbocycles. The largest absolute Gasteiger partial charge is 0.481 e. The number of rotatable bonds is 6. The van der Waals surface area contributed by atoms with Gasteiger partial charge in [0.05, 0.1) is 12.8 Å². The number of hydrogen-bond acceptors (Lipinski definition) is 5. The molecule has 0 aromatic heterocycles. The normalized spacial score (nSPS) is 37.5. The molecule has 0 radical (unpaired) electrons. The van der Waals surface area contributed by atoms with Crippen LogP contribution in [0, 0.1) is 34.5 Å². The van der Waals surface area contributed by atoms with Gasteiger partial charge in [0.1, 0.15) is 6.61 Å². The van der Waals surface area contributed by atoms with Gasteiger partial charge in [-0.15, -0.1) is 0 Å². The van der Waals surface area contributed by atoms with Crippen molar-refractivity contribution in [1.29, 1.82) is 0 Å². The highest BCUT2D eigenvalue weighted by Gasteiger charge is 2.59. The predicted molar refractivity (Wildman–Crippen MR) is 117 cm³/mol. The zero-order chi connectivity index (χ0) is 23.3. The van der Waals surface area contributed by atoms with Gasteiger partial charge in [0.15, 0.2) is 11.6 Å². The van der Waals surface area contributed by atoms with Gasteiger partial charge in [0, 0.05) is 11.3 Å². The zero-order valence-electron chi connectivity index (χ0n) is 19.1. The molecule has 6 atom stereocenters. The second-order valence-electron chi connectivity index (χ2n) is 10.4. The molecular weight excluding hydrogens is 408 g/mol. The molecule has 0 spiro atoms. The van der Waals surface area contributed by atoms with Crippen molar-refractivity contribution in [3.63, 3.8) is 0 Å². The second kappa shape index (κ2) is 8.13. The lowest BCUT2D eigenvalue weighted by atomic mass is 9.52. The first kappa shape index (κ1) is 22.7. The number of aliphatic carboxylic acids is 1. The molecule has 1 N–H and O–H groups in total. The molecule has 32 heavy (non-hydrogen) atoms. The summed E-state index contributed by atoms with van der Waals surface area (Å²) in [5.74, 6) is -0.942. The maximum Gasteiger partial charge on any atom is 0.306 e. The van der Waals surface area contributed by atoms with Crippen molar-refractivity contribution in [2.75, 3.05) is 6.61 Å². The van der Waals surface area contributed by atoms with Gasteiger partial charge in [-0.3, -0.25) is 19.2 Å². The molecule has 0 heterocycles. The van der Waals surface area contributed by atoms with Gasteiger partial charge < -0.3 is 9.84 Å². The lowest BCUT2D eigenvalue weighted by Crippen LogP contribution is -2.45. The van der Waals surface area contributed by atoms with Gasteiger partial charge in [0.2, 0.25) is 0 Å². The van der Waals surface area contributed by atoms with Crippen LogP contribution in [0.4, 0.5) is 0 Å². The molecule has 6 nitrogen and oxygen atoms in total. The predicted octanol–water partition coefficient (Wildman–Crippen LogP) is 4.05. The lowest BCUT2D eigenvalue weighted by molar-refractivity contribution is -0.152. The van der Waals surface area contributed by atoms with E-state index in [1.54, 1.807) is 12.2 Å². The van der Waals surface area contributed by atoms with Crippen LogP contribution in [0.1, 0.15) is 59.3 Å². The number of carboxylic acids is 1. The summed E-state index contributed by atoms with van der Waals surface area (Å²) in [5, 5.41) is 8.70. The number of esters is 1. The highest BCUT2D eigenvalue weighted by atomic mass is 16.5. The minimum absolute atomic E-state index is 0.0613. The van der Waals surface area contributed by atoms with Gasteiger partial charge in [-0.1, -0.05) is 37.1 Å². The van der Waals surface area contributed by atoms with Gasteiger partial charge in [0.25, 0.3) is 0 Å². The SMILES string of the molecule is C[C@H]1CC2C3CCC4=CC(=O)C=C[C@]4(C)C3=CC[C@]2(C)[C@H]1C(=O)COC(=O)CCC(=O)O. The van der Waals surface area contributed by atoms with Crippen LogP contribution < -0.4 is 0 Å². The quantitative estimate of drug-likeness (QED) is 0.494. The maximum absolute atomic E-state index is 13.2. The standard InChI is InChI=1S/C26H32O6/c1-15-12-20-18-5-4-16-13-17(27)8-10-25(16,2)19(18)9-11-26(20,3)24(15)21(28)14-32-23(31)7-6-22(29)30/h8-10,13,15,18,20,24H,4-7,11-12,14H2,1-3H3,(H,29,30)/t15-,18?,20?,24+,25-,26-/m0/s1. The minimum atomic E-state index is -1.06. The molecule has 172 valence electrons. The van der Waals surface area contributed by atoms with E-state index in [2.05, 4.69) is 32.9 Å². The van der Waals surface area contributed by atoms with Crippen molar-refractivity contribution in [3.8, 4) is 0 Å². The summed E-state index contributed by atoms with van der Waals surface area (Å²) in [6.45, 7) is 6.25. The van der Waals surface area contributed by atoms with E-state index in [1.807, 2.05) is 0 Å². The van der Waals surface area contributed by atoms with E-state index in [4.69, 9.17) is 9.84 Å². The number of ether oxygens (including phenoxy) is 1. The number of carboxylic acid groups (broad SMARTS) is 1. The van der Waals surface area contributed by atoms with Crippen molar-refractivity contribution in [1.82, 2.24) is 0 Å². The van der Waals surface area contributed by atoms with E-state index in [-0.39, 0.29) is 53.7 Å². The van der Waals surface area contributed by atoms with E-state index in [0.717, 1.165) is 25.7 Å². The Morgan fingerprint density at radius 3 is 2.69 bits per heavy atom. The minimum Gasteiger partial charge on any atom is -0.481 e. The molecule has 0 amide bonds. The summed E-state index contributed by atoms with van der Waals surface area (Å²) >= 11 is 0. The molecule has 4 rings (SSSR count). The summed E-state index contributed by atoms with van der Waals surface area (Å²) in [6, 6.07) is 0. The van der Waals surface area contributed by atoms with E-state index in [0.29, 0.717) is 11.8 Å². The third kappa shape index (κ3) is 3.67. The number of carbonyl (C=O) groups is 4. The number of hydrogen-bond donors (Lipinski definition) is 1.